The largest absolute Gasteiger partial charge is 0.450 e. The van der Waals surface area contributed by atoms with E-state index in [-0.39, 0.29) is 6.61 Å². The molecule has 0 aliphatic carbocycles. The molecular formula is C15H23N3O4. The van der Waals surface area contributed by atoms with Crippen molar-refractivity contribution in [3.63, 3.8) is 0 Å². The zero-order valence-electron chi connectivity index (χ0n) is 12.8. The first-order valence-electron chi connectivity index (χ1n) is 7.28. The standard InChI is InChI=1S/C15H23N3O4/c1-2-21-14(19)17-10-8-16-9-11-18-15(20)22-12-13-6-4-3-5-7-13/h3-7,16H,2,8-12H2,1H3,(H,17,19)(H,18,20). The average Bonchev–Trinajstić information content (AvgIpc) is 2.53. The maximum Gasteiger partial charge on any atom is 0.407 e. The van der Waals surface area contributed by atoms with Gasteiger partial charge in [0.15, 0.2) is 0 Å². The Balaban J connectivity index is 1.94. The number of carbonyl (C=O) groups is 2. The van der Waals surface area contributed by atoms with E-state index in [1.165, 1.54) is 0 Å². The van der Waals surface area contributed by atoms with Gasteiger partial charge >= 0.3 is 12.2 Å². The Morgan fingerprint density at radius 1 is 0.909 bits per heavy atom. The summed E-state index contributed by atoms with van der Waals surface area (Å²) in [5, 5.41) is 8.29. The highest BCUT2D eigenvalue weighted by atomic mass is 16.6. The SMILES string of the molecule is CCOC(=O)NCCNCCNC(=O)OCc1ccccc1. The van der Waals surface area contributed by atoms with Crippen molar-refractivity contribution >= 4 is 12.2 Å². The molecule has 0 aromatic heterocycles. The Kier molecular flexibility index (Phi) is 9.20. The fourth-order valence-electron chi connectivity index (χ4n) is 1.59. The molecule has 7 heteroatoms. The molecule has 0 aliphatic rings. The van der Waals surface area contributed by atoms with Crippen LogP contribution in [-0.2, 0) is 16.1 Å². The van der Waals surface area contributed by atoms with Crippen LogP contribution in [0.15, 0.2) is 30.3 Å². The monoisotopic (exact) mass is 309 g/mol. The van der Waals surface area contributed by atoms with Crippen LogP contribution in [-0.4, -0.2) is 45.0 Å². The van der Waals surface area contributed by atoms with Crippen LogP contribution in [0.3, 0.4) is 0 Å². The molecule has 0 atom stereocenters. The van der Waals surface area contributed by atoms with Crippen molar-refractivity contribution in [2.45, 2.75) is 13.5 Å². The van der Waals surface area contributed by atoms with Crippen molar-refractivity contribution in [2.75, 3.05) is 32.8 Å². The van der Waals surface area contributed by atoms with Gasteiger partial charge in [-0.25, -0.2) is 9.59 Å². The molecule has 0 aliphatic heterocycles. The van der Waals surface area contributed by atoms with Gasteiger partial charge in [-0.1, -0.05) is 30.3 Å². The molecule has 3 N–H and O–H groups in total. The number of amides is 2. The topological polar surface area (TPSA) is 88.7 Å². The minimum absolute atomic E-state index is 0.254. The Bertz CT molecular complexity index is 440. The van der Waals surface area contributed by atoms with Gasteiger partial charge in [0.2, 0.25) is 0 Å². The van der Waals surface area contributed by atoms with E-state index in [0.717, 1.165) is 5.56 Å². The van der Waals surface area contributed by atoms with Gasteiger partial charge < -0.3 is 25.4 Å². The third-order valence-corrected chi connectivity index (χ3v) is 2.63. The van der Waals surface area contributed by atoms with Gasteiger partial charge in [0.25, 0.3) is 0 Å². The van der Waals surface area contributed by atoms with Crippen LogP contribution in [0.5, 0.6) is 0 Å². The maximum atomic E-state index is 11.4. The van der Waals surface area contributed by atoms with Crippen LogP contribution in [0, 0.1) is 0 Å². The van der Waals surface area contributed by atoms with Gasteiger partial charge in [-0.05, 0) is 12.5 Å². The summed E-state index contributed by atoms with van der Waals surface area (Å²) in [7, 11) is 0. The molecule has 7 nitrogen and oxygen atoms in total. The van der Waals surface area contributed by atoms with Crippen molar-refractivity contribution in [2.24, 2.45) is 0 Å². The molecule has 0 heterocycles. The second-order valence-corrected chi connectivity index (χ2v) is 4.39. The van der Waals surface area contributed by atoms with E-state index in [9.17, 15) is 9.59 Å². The predicted molar refractivity (Wildman–Crippen MR) is 82.5 cm³/mol. The van der Waals surface area contributed by atoms with Crippen molar-refractivity contribution in [1.82, 2.24) is 16.0 Å². The van der Waals surface area contributed by atoms with Gasteiger partial charge in [-0.3, -0.25) is 0 Å². The fraction of sp³-hybridized carbons (Fsp3) is 0.467. The maximum absolute atomic E-state index is 11.4. The average molecular weight is 309 g/mol. The number of hydrogen-bond donors (Lipinski definition) is 3. The Labute approximate surface area is 130 Å². The van der Waals surface area contributed by atoms with Crippen molar-refractivity contribution < 1.29 is 19.1 Å². The van der Waals surface area contributed by atoms with E-state index < -0.39 is 12.2 Å². The molecule has 0 saturated heterocycles. The summed E-state index contributed by atoms with van der Waals surface area (Å²) in [5.41, 5.74) is 0.945. The quantitative estimate of drug-likeness (QED) is 0.597. The molecule has 0 fully saturated rings. The van der Waals surface area contributed by atoms with Crippen LogP contribution >= 0.6 is 0 Å². The molecule has 2 amide bonds. The Morgan fingerprint density at radius 3 is 2.09 bits per heavy atom. The zero-order chi connectivity index (χ0) is 16.0. The van der Waals surface area contributed by atoms with E-state index in [0.29, 0.717) is 32.8 Å². The number of nitrogens with one attached hydrogen (secondary N) is 3. The second-order valence-electron chi connectivity index (χ2n) is 4.39. The van der Waals surface area contributed by atoms with Crippen LogP contribution < -0.4 is 16.0 Å². The van der Waals surface area contributed by atoms with Gasteiger partial charge in [-0.2, -0.15) is 0 Å². The number of hydrogen-bond acceptors (Lipinski definition) is 5. The molecule has 0 spiro atoms. The smallest absolute Gasteiger partial charge is 0.407 e. The first-order chi connectivity index (χ1) is 10.7. The normalized spacial score (nSPS) is 9.86. The van der Waals surface area contributed by atoms with Crippen molar-refractivity contribution in [3.8, 4) is 0 Å². The summed E-state index contributed by atoms with van der Waals surface area (Å²) >= 11 is 0. The number of rotatable bonds is 9. The highest BCUT2D eigenvalue weighted by molar-refractivity contribution is 5.67. The van der Waals surface area contributed by atoms with E-state index >= 15 is 0 Å². The van der Waals surface area contributed by atoms with E-state index in [4.69, 9.17) is 9.47 Å². The second kappa shape index (κ2) is 11.4. The van der Waals surface area contributed by atoms with Gasteiger partial charge in [-0.15, -0.1) is 0 Å². The van der Waals surface area contributed by atoms with E-state index in [1.54, 1.807) is 6.92 Å². The summed E-state index contributed by atoms with van der Waals surface area (Å²) in [6.07, 6.45) is -0.873. The summed E-state index contributed by atoms with van der Waals surface area (Å²) in [6.45, 7) is 4.47. The lowest BCUT2D eigenvalue weighted by atomic mass is 10.2. The Morgan fingerprint density at radius 2 is 1.50 bits per heavy atom. The molecule has 0 unspecified atom stereocenters. The fourth-order valence-corrected chi connectivity index (χ4v) is 1.59. The summed E-state index contributed by atoms with van der Waals surface area (Å²) < 4.78 is 9.78. The summed E-state index contributed by atoms with van der Waals surface area (Å²) in [5.74, 6) is 0. The van der Waals surface area contributed by atoms with Gasteiger partial charge in [0.1, 0.15) is 6.61 Å². The molecular weight excluding hydrogens is 286 g/mol. The Hall–Kier alpha value is -2.28. The predicted octanol–water partition coefficient (Wildman–Crippen LogP) is 1.25. The zero-order valence-corrected chi connectivity index (χ0v) is 12.8. The number of benzene rings is 1. The molecule has 0 bridgehead atoms. The molecule has 0 saturated carbocycles. The number of carbonyl (C=O) groups excluding carboxylic acids is 2. The van der Waals surface area contributed by atoms with Crippen molar-refractivity contribution in [3.05, 3.63) is 35.9 Å². The lowest BCUT2D eigenvalue weighted by molar-refractivity contribution is 0.139. The molecule has 1 rings (SSSR count). The van der Waals surface area contributed by atoms with E-state index in [1.807, 2.05) is 30.3 Å². The lowest BCUT2D eigenvalue weighted by Gasteiger charge is -2.08. The first-order valence-corrected chi connectivity index (χ1v) is 7.28. The number of ether oxygens (including phenoxy) is 2. The molecule has 0 radical (unpaired) electrons. The van der Waals surface area contributed by atoms with Gasteiger partial charge in [0, 0.05) is 26.2 Å². The molecule has 22 heavy (non-hydrogen) atoms. The highest BCUT2D eigenvalue weighted by Gasteiger charge is 2.01. The van der Waals surface area contributed by atoms with Crippen LogP contribution in [0.1, 0.15) is 12.5 Å². The first kappa shape index (κ1) is 17.8. The molecule has 1 aromatic carbocycles. The van der Waals surface area contributed by atoms with Crippen LogP contribution in [0.4, 0.5) is 9.59 Å². The summed E-state index contributed by atoms with van der Waals surface area (Å²) in [6, 6.07) is 9.48. The van der Waals surface area contributed by atoms with Crippen LogP contribution in [0.2, 0.25) is 0 Å². The van der Waals surface area contributed by atoms with Crippen molar-refractivity contribution in [1.29, 1.82) is 0 Å². The van der Waals surface area contributed by atoms with Gasteiger partial charge in [0.05, 0.1) is 6.61 Å². The third kappa shape index (κ3) is 8.80. The number of alkyl carbamates (subject to hydrolysis) is 2. The highest BCUT2D eigenvalue weighted by Crippen LogP contribution is 2.00. The van der Waals surface area contributed by atoms with Crippen LogP contribution in [0.25, 0.3) is 0 Å². The summed E-state index contributed by atoms with van der Waals surface area (Å²) in [4.78, 5) is 22.4. The minimum atomic E-state index is -0.449. The molecule has 1 aromatic rings. The molecule has 122 valence electrons. The third-order valence-electron chi connectivity index (χ3n) is 2.63. The lowest BCUT2D eigenvalue weighted by Crippen LogP contribution is -2.36. The minimum Gasteiger partial charge on any atom is -0.450 e. The van der Waals surface area contributed by atoms with E-state index in [2.05, 4.69) is 16.0 Å².